The predicted molar refractivity (Wildman–Crippen MR) is 81.9 cm³/mol. The van der Waals surface area contributed by atoms with Gasteiger partial charge in [-0.05, 0) is 20.3 Å². The molecule has 0 spiro atoms. The Morgan fingerprint density at radius 1 is 1.52 bits per heavy atom. The zero-order valence-corrected chi connectivity index (χ0v) is 12.7. The number of aromatic nitrogens is 1. The van der Waals surface area contributed by atoms with E-state index in [1.165, 1.54) is 6.07 Å². The van der Waals surface area contributed by atoms with Crippen LogP contribution >= 0.6 is 0 Å². The molecule has 0 aliphatic carbocycles. The molecule has 1 saturated heterocycles. The molecule has 1 aliphatic heterocycles. The Kier molecular flexibility index (Phi) is 4.95. The molecule has 0 aromatic carbocycles. The largest absolute Gasteiger partial charge is 0.375 e. The summed E-state index contributed by atoms with van der Waals surface area (Å²) in [4.78, 5) is 17.4. The van der Waals surface area contributed by atoms with Crippen molar-refractivity contribution < 1.29 is 9.66 Å². The maximum Gasteiger partial charge on any atom is 0.276 e. The van der Waals surface area contributed by atoms with Crippen LogP contribution < -0.4 is 10.2 Å². The number of hydrogen-bond donors (Lipinski definition) is 1. The third-order valence-electron chi connectivity index (χ3n) is 3.60. The minimum atomic E-state index is -0.378. The third-order valence-corrected chi connectivity index (χ3v) is 3.60. The van der Waals surface area contributed by atoms with E-state index in [-0.39, 0.29) is 22.8 Å². The van der Waals surface area contributed by atoms with Gasteiger partial charge in [-0.3, -0.25) is 10.1 Å². The Bertz CT molecular complexity index is 509. The van der Waals surface area contributed by atoms with E-state index in [0.717, 1.165) is 6.42 Å². The zero-order valence-electron chi connectivity index (χ0n) is 12.7. The van der Waals surface area contributed by atoms with Crippen LogP contribution in [0.15, 0.2) is 12.1 Å². The molecule has 1 fully saturated rings. The highest BCUT2D eigenvalue weighted by molar-refractivity contribution is 5.56. The van der Waals surface area contributed by atoms with Gasteiger partial charge in [0, 0.05) is 13.1 Å². The van der Waals surface area contributed by atoms with E-state index in [4.69, 9.17) is 4.74 Å². The highest BCUT2D eigenvalue weighted by Gasteiger charge is 2.28. The van der Waals surface area contributed by atoms with E-state index in [9.17, 15) is 10.1 Å². The summed E-state index contributed by atoms with van der Waals surface area (Å²) >= 11 is 0. The van der Waals surface area contributed by atoms with E-state index in [0.29, 0.717) is 31.3 Å². The van der Waals surface area contributed by atoms with Gasteiger partial charge in [-0.25, -0.2) is 4.98 Å². The summed E-state index contributed by atoms with van der Waals surface area (Å²) in [7, 11) is 0. The van der Waals surface area contributed by atoms with Gasteiger partial charge < -0.3 is 15.0 Å². The van der Waals surface area contributed by atoms with Crippen molar-refractivity contribution in [2.24, 2.45) is 0 Å². The molecular formula is C14H22N4O3. The number of nitro groups is 1. The molecule has 2 unspecified atom stereocenters. The minimum absolute atomic E-state index is 0.0601. The summed E-state index contributed by atoms with van der Waals surface area (Å²) in [5.41, 5.74) is 0.0601. The van der Waals surface area contributed by atoms with Gasteiger partial charge in [0.05, 0.1) is 35.8 Å². The van der Waals surface area contributed by atoms with E-state index in [1.807, 2.05) is 13.8 Å². The van der Waals surface area contributed by atoms with Crippen LogP contribution in [0.1, 0.15) is 27.2 Å². The van der Waals surface area contributed by atoms with Gasteiger partial charge in [0.1, 0.15) is 11.6 Å². The summed E-state index contributed by atoms with van der Waals surface area (Å²) in [6.07, 6.45) is 1.00. The average molecular weight is 294 g/mol. The lowest BCUT2D eigenvalue weighted by atomic mass is 10.1. The monoisotopic (exact) mass is 294 g/mol. The second kappa shape index (κ2) is 6.71. The van der Waals surface area contributed by atoms with E-state index < -0.39 is 0 Å². The number of rotatable bonds is 5. The number of nitrogens with one attached hydrogen (secondary N) is 1. The molecule has 0 amide bonds. The standard InChI is InChI=1S/C14H22N4O3/c1-4-11-9-21-10(3)8-17(11)14-7-12(18(19)20)6-13(16-14)15-5-2/h6-7,10-11H,4-5,8-9H2,1-3H3,(H,15,16). The maximum absolute atomic E-state index is 11.1. The molecule has 1 aliphatic rings. The smallest absolute Gasteiger partial charge is 0.276 e. The average Bonchev–Trinajstić information content (AvgIpc) is 2.47. The lowest BCUT2D eigenvalue weighted by Crippen LogP contribution is -2.49. The van der Waals surface area contributed by atoms with Crippen LogP contribution in [0.25, 0.3) is 0 Å². The normalized spacial score (nSPS) is 22.1. The van der Waals surface area contributed by atoms with Crippen molar-refractivity contribution >= 4 is 17.3 Å². The molecule has 7 nitrogen and oxygen atoms in total. The van der Waals surface area contributed by atoms with Gasteiger partial charge in [0.15, 0.2) is 0 Å². The van der Waals surface area contributed by atoms with Crippen LogP contribution in [0.2, 0.25) is 0 Å². The Labute approximate surface area is 124 Å². The molecular weight excluding hydrogens is 272 g/mol. The van der Waals surface area contributed by atoms with Crippen molar-refractivity contribution in [3.63, 3.8) is 0 Å². The summed E-state index contributed by atoms with van der Waals surface area (Å²) in [6, 6.07) is 3.21. The molecule has 2 heterocycles. The SMILES string of the molecule is CCNc1cc([N+](=O)[O-])cc(N2CC(C)OCC2CC)n1. The van der Waals surface area contributed by atoms with Crippen LogP contribution in [0.5, 0.6) is 0 Å². The number of hydrogen-bond acceptors (Lipinski definition) is 6. The summed E-state index contributed by atoms with van der Waals surface area (Å²) < 4.78 is 5.67. The summed E-state index contributed by atoms with van der Waals surface area (Å²) in [6.45, 7) is 8.01. The van der Waals surface area contributed by atoms with Crippen LogP contribution in [-0.4, -0.2) is 41.7 Å². The van der Waals surface area contributed by atoms with E-state index >= 15 is 0 Å². The Hall–Kier alpha value is -1.89. The second-order valence-electron chi connectivity index (χ2n) is 5.21. The molecule has 0 radical (unpaired) electrons. The molecule has 7 heteroatoms. The van der Waals surface area contributed by atoms with Crippen LogP contribution in [0.3, 0.4) is 0 Å². The first-order valence-corrected chi connectivity index (χ1v) is 7.33. The molecule has 1 N–H and O–H groups in total. The summed E-state index contributed by atoms with van der Waals surface area (Å²) in [5.74, 6) is 1.18. The van der Waals surface area contributed by atoms with Crippen molar-refractivity contribution in [3.8, 4) is 0 Å². The van der Waals surface area contributed by atoms with Gasteiger partial charge in [0.25, 0.3) is 5.69 Å². The minimum Gasteiger partial charge on any atom is -0.375 e. The van der Waals surface area contributed by atoms with Crippen molar-refractivity contribution in [1.82, 2.24) is 4.98 Å². The molecule has 2 atom stereocenters. The van der Waals surface area contributed by atoms with Gasteiger partial charge in [-0.1, -0.05) is 6.92 Å². The molecule has 1 aromatic rings. The topological polar surface area (TPSA) is 80.5 Å². The number of morpholine rings is 1. The fraction of sp³-hybridized carbons (Fsp3) is 0.643. The molecule has 0 saturated carbocycles. The Morgan fingerprint density at radius 2 is 2.29 bits per heavy atom. The molecule has 21 heavy (non-hydrogen) atoms. The van der Waals surface area contributed by atoms with Gasteiger partial charge in [-0.15, -0.1) is 0 Å². The van der Waals surface area contributed by atoms with Crippen LogP contribution in [0, 0.1) is 10.1 Å². The number of ether oxygens (including phenoxy) is 1. The van der Waals surface area contributed by atoms with E-state index in [2.05, 4.69) is 22.1 Å². The molecule has 2 rings (SSSR count). The first-order valence-electron chi connectivity index (χ1n) is 7.33. The number of pyridine rings is 1. The van der Waals surface area contributed by atoms with Gasteiger partial charge in [-0.2, -0.15) is 0 Å². The number of nitrogens with zero attached hydrogens (tertiary/aromatic N) is 3. The highest BCUT2D eigenvalue weighted by atomic mass is 16.6. The zero-order chi connectivity index (χ0) is 15.4. The fourth-order valence-corrected chi connectivity index (χ4v) is 2.49. The highest BCUT2D eigenvalue weighted by Crippen LogP contribution is 2.27. The third kappa shape index (κ3) is 3.60. The summed E-state index contributed by atoms with van der Waals surface area (Å²) in [5, 5.41) is 14.2. The van der Waals surface area contributed by atoms with Crippen molar-refractivity contribution in [2.75, 3.05) is 29.9 Å². The first kappa shape index (κ1) is 15.5. The number of anilines is 2. The van der Waals surface area contributed by atoms with Crippen LogP contribution in [-0.2, 0) is 4.74 Å². The predicted octanol–water partition coefficient (Wildman–Crippen LogP) is 2.43. The van der Waals surface area contributed by atoms with Crippen molar-refractivity contribution in [3.05, 3.63) is 22.2 Å². The fourth-order valence-electron chi connectivity index (χ4n) is 2.49. The van der Waals surface area contributed by atoms with Crippen molar-refractivity contribution in [1.29, 1.82) is 0 Å². The maximum atomic E-state index is 11.1. The van der Waals surface area contributed by atoms with Crippen LogP contribution in [0.4, 0.5) is 17.3 Å². The molecule has 1 aromatic heterocycles. The van der Waals surface area contributed by atoms with Crippen molar-refractivity contribution in [2.45, 2.75) is 39.3 Å². The Morgan fingerprint density at radius 3 is 2.90 bits per heavy atom. The van der Waals surface area contributed by atoms with Gasteiger partial charge in [0.2, 0.25) is 0 Å². The van der Waals surface area contributed by atoms with E-state index in [1.54, 1.807) is 6.07 Å². The molecule has 116 valence electrons. The lowest BCUT2D eigenvalue weighted by molar-refractivity contribution is -0.384. The molecule has 0 bridgehead atoms. The Balaban J connectivity index is 2.37. The second-order valence-corrected chi connectivity index (χ2v) is 5.21. The first-order chi connectivity index (χ1) is 10.0. The van der Waals surface area contributed by atoms with Gasteiger partial charge >= 0.3 is 0 Å². The lowest BCUT2D eigenvalue weighted by Gasteiger charge is -2.39. The quantitative estimate of drug-likeness (QED) is 0.663.